The molecule has 6 nitrogen and oxygen atoms in total. The molecule has 2 aromatic carbocycles. The number of nitrogens with one attached hydrogen (secondary N) is 1. The summed E-state index contributed by atoms with van der Waals surface area (Å²) >= 11 is 3.35. The lowest BCUT2D eigenvalue weighted by Gasteiger charge is -2.27. The average molecular weight is 590 g/mol. The van der Waals surface area contributed by atoms with Crippen LogP contribution in [0.1, 0.15) is 70.7 Å². The van der Waals surface area contributed by atoms with Crippen LogP contribution in [0.25, 0.3) is 0 Å². The van der Waals surface area contributed by atoms with Gasteiger partial charge in [0.2, 0.25) is 0 Å². The summed E-state index contributed by atoms with van der Waals surface area (Å²) in [5, 5.41) is 12.2. The van der Waals surface area contributed by atoms with E-state index < -0.39 is 29.7 Å². The van der Waals surface area contributed by atoms with Gasteiger partial charge in [0.15, 0.2) is 0 Å². The molecule has 0 aliphatic carbocycles. The molecule has 0 radical (unpaired) electrons. The molecule has 0 saturated carbocycles. The smallest absolute Gasteiger partial charge is 0.416 e. The number of aliphatic carboxylic acids is 1. The van der Waals surface area contributed by atoms with Gasteiger partial charge in [0.1, 0.15) is 0 Å². The van der Waals surface area contributed by atoms with Gasteiger partial charge in [-0.3, -0.25) is 19.5 Å². The molecule has 2 heterocycles. The number of alkyl halides is 3. The van der Waals surface area contributed by atoms with Crippen LogP contribution in [0, 0.1) is 5.92 Å². The molecular weight excluding hydrogens is 563 g/mol. The fraction of sp³-hybridized carbons (Fsp3) is 0.321. The van der Waals surface area contributed by atoms with Crippen molar-refractivity contribution in [1.82, 2.24) is 15.2 Å². The number of pyridine rings is 1. The number of carboxylic acids is 1. The van der Waals surface area contributed by atoms with Gasteiger partial charge in [-0.25, -0.2) is 0 Å². The quantitative estimate of drug-likeness (QED) is 0.312. The monoisotopic (exact) mass is 589 g/mol. The molecule has 10 heteroatoms. The van der Waals surface area contributed by atoms with E-state index in [1.54, 1.807) is 30.3 Å². The van der Waals surface area contributed by atoms with Gasteiger partial charge in [0.25, 0.3) is 5.91 Å². The highest BCUT2D eigenvalue weighted by molar-refractivity contribution is 9.10. The number of rotatable bonds is 8. The highest BCUT2D eigenvalue weighted by Gasteiger charge is 2.35. The summed E-state index contributed by atoms with van der Waals surface area (Å²) in [6.45, 7) is 5.02. The van der Waals surface area contributed by atoms with Crippen molar-refractivity contribution in [2.75, 3.05) is 0 Å². The molecular formula is C28H27BrF3N3O3. The topological polar surface area (TPSA) is 82.5 Å². The number of amides is 1. The summed E-state index contributed by atoms with van der Waals surface area (Å²) in [6.07, 6.45) is -3.17. The van der Waals surface area contributed by atoms with Crippen molar-refractivity contribution >= 4 is 27.8 Å². The van der Waals surface area contributed by atoms with Gasteiger partial charge in [0.05, 0.1) is 35.3 Å². The Balaban J connectivity index is 1.53. The number of halogens is 4. The average Bonchev–Trinajstić information content (AvgIpc) is 3.20. The number of nitrogens with zero attached hydrogens (tertiary/aromatic N) is 2. The van der Waals surface area contributed by atoms with Gasteiger partial charge >= 0.3 is 12.1 Å². The Hall–Kier alpha value is -3.24. The van der Waals surface area contributed by atoms with E-state index in [2.05, 4.69) is 45.0 Å². The lowest BCUT2D eigenvalue weighted by Crippen LogP contribution is -2.30. The molecule has 1 amide bonds. The molecule has 3 aromatic rings. The van der Waals surface area contributed by atoms with Crippen molar-refractivity contribution in [3.8, 4) is 0 Å². The maximum absolute atomic E-state index is 13.1. The molecule has 1 aromatic heterocycles. The van der Waals surface area contributed by atoms with Crippen molar-refractivity contribution in [1.29, 1.82) is 0 Å². The van der Waals surface area contributed by atoms with Crippen LogP contribution in [0.2, 0.25) is 0 Å². The van der Waals surface area contributed by atoms with E-state index in [1.165, 1.54) is 18.3 Å². The third-order valence-electron chi connectivity index (χ3n) is 6.57. The molecule has 38 heavy (non-hydrogen) atoms. The first kappa shape index (κ1) is 27.8. The molecule has 200 valence electrons. The number of benzene rings is 2. The zero-order valence-electron chi connectivity index (χ0n) is 20.8. The van der Waals surface area contributed by atoms with Crippen LogP contribution < -0.4 is 5.32 Å². The zero-order valence-corrected chi connectivity index (χ0v) is 22.4. The molecule has 0 bridgehead atoms. The van der Waals surface area contributed by atoms with Gasteiger partial charge in [0, 0.05) is 23.8 Å². The number of hydrogen-bond donors (Lipinski definition) is 2. The molecule has 0 spiro atoms. The summed E-state index contributed by atoms with van der Waals surface area (Å²) in [4.78, 5) is 31.3. The van der Waals surface area contributed by atoms with E-state index >= 15 is 0 Å². The van der Waals surface area contributed by atoms with E-state index in [-0.39, 0.29) is 18.4 Å². The summed E-state index contributed by atoms with van der Waals surface area (Å²) < 4.78 is 39.7. The van der Waals surface area contributed by atoms with Gasteiger partial charge in [-0.1, -0.05) is 54.0 Å². The third-order valence-corrected chi connectivity index (χ3v) is 7.09. The minimum atomic E-state index is -4.38. The Morgan fingerprint density at radius 3 is 2.37 bits per heavy atom. The van der Waals surface area contributed by atoms with Crippen LogP contribution in [0.4, 0.5) is 13.2 Å². The summed E-state index contributed by atoms with van der Waals surface area (Å²) in [5.74, 6) is -1.30. The molecule has 2 N–H and O–H groups in total. The van der Waals surface area contributed by atoms with E-state index in [4.69, 9.17) is 0 Å². The molecule has 0 fully saturated rings. The fourth-order valence-electron chi connectivity index (χ4n) is 4.82. The highest BCUT2D eigenvalue weighted by atomic mass is 79.9. The Bertz CT molecular complexity index is 1310. The van der Waals surface area contributed by atoms with Gasteiger partial charge in [-0.2, -0.15) is 13.2 Å². The van der Waals surface area contributed by atoms with Gasteiger partial charge < -0.3 is 10.4 Å². The fourth-order valence-corrected chi connectivity index (χ4v) is 5.08. The van der Waals surface area contributed by atoms with Crippen molar-refractivity contribution in [3.05, 3.63) is 98.8 Å². The largest absolute Gasteiger partial charge is 0.481 e. The second kappa shape index (κ2) is 11.2. The lowest BCUT2D eigenvalue weighted by molar-refractivity contribution is -0.138. The predicted octanol–water partition coefficient (Wildman–Crippen LogP) is 6.52. The van der Waals surface area contributed by atoms with E-state index in [0.29, 0.717) is 24.2 Å². The normalized spacial score (nSPS) is 16.3. The van der Waals surface area contributed by atoms with Crippen LogP contribution in [0.5, 0.6) is 0 Å². The van der Waals surface area contributed by atoms with Crippen molar-refractivity contribution in [2.45, 2.75) is 51.6 Å². The summed E-state index contributed by atoms with van der Waals surface area (Å²) in [6, 6.07) is 13.2. The molecule has 1 unspecified atom stereocenters. The molecule has 1 aliphatic heterocycles. The molecule has 2 atom stereocenters. The Morgan fingerprint density at radius 1 is 1.13 bits per heavy atom. The minimum absolute atomic E-state index is 0.0630. The van der Waals surface area contributed by atoms with Gasteiger partial charge in [-0.05, 0) is 52.9 Å². The summed E-state index contributed by atoms with van der Waals surface area (Å²) in [7, 11) is 0. The maximum atomic E-state index is 13.1. The zero-order chi connectivity index (χ0) is 27.6. The van der Waals surface area contributed by atoms with Crippen LogP contribution in [-0.4, -0.2) is 26.9 Å². The number of carbonyl (C=O) groups excluding carboxylic acids is 1. The Labute approximate surface area is 227 Å². The minimum Gasteiger partial charge on any atom is -0.481 e. The second-order valence-electron chi connectivity index (χ2n) is 9.73. The number of carbonyl (C=O) groups is 2. The summed E-state index contributed by atoms with van der Waals surface area (Å²) in [5.41, 5.74) is 2.74. The Kier molecular flexibility index (Phi) is 8.22. The number of fused-ring (bicyclic) bond motifs is 1. The van der Waals surface area contributed by atoms with Crippen LogP contribution in [0.3, 0.4) is 0 Å². The first-order valence-electron chi connectivity index (χ1n) is 12.1. The third kappa shape index (κ3) is 6.42. The molecule has 4 rings (SSSR count). The highest BCUT2D eigenvalue weighted by Crippen LogP contribution is 2.39. The second-order valence-corrected chi connectivity index (χ2v) is 10.6. The SMILES string of the molecule is CC(C)[C@H]1c2ncc(C(=O)NC(CC(=O)O)c3ccc(Br)cc3)cc2CN1Cc1ccc(C(F)(F)F)cc1. The van der Waals surface area contributed by atoms with Crippen molar-refractivity contribution in [3.63, 3.8) is 0 Å². The maximum Gasteiger partial charge on any atom is 0.416 e. The molecule has 0 saturated heterocycles. The van der Waals surface area contributed by atoms with Crippen LogP contribution in [-0.2, 0) is 24.1 Å². The van der Waals surface area contributed by atoms with Gasteiger partial charge in [-0.15, -0.1) is 0 Å². The standard InChI is InChI=1S/C28H27BrF3N3O3/c1-16(2)26-25-20(15-35(26)14-17-3-7-21(8-4-17)28(30,31)32)11-19(13-33-25)27(38)34-23(12-24(36)37)18-5-9-22(29)10-6-18/h3-11,13,16,23,26H,12,14-15H2,1-2H3,(H,34,38)(H,36,37)/t23?,26-/m0/s1. The predicted molar refractivity (Wildman–Crippen MR) is 139 cm³/mol. The van der Waals surface area contributed by atoms with E-state index in [1.807, 2.05) is 0 Å². The number of hydrogen-bond acceptors (Lipinski definition) is 4. The first-order chi connectivity index (χ1) is 17.9. The van der Waals surface area contributed by atoms with Crippen molar-refractivity contribution in [2.24, 2.45) is 5.92 Å². The van der Waals surface area contributed by atoms with Crippen LogP contribution in [0.15, 0.2) is 65.3 Å². The Morgan fingerprint density at radius 2 is 1.79 bits per heavy atom. The lowest BCUT2D eigenvalue weighted by atomic mass is 9.99. The molecule has 1 aliphatic rings. The number of aromatic nitrogens is 1. The number of carboxylic acid groups (broad SMARTS) is 1. The van der Waals surface area contributed by atoms with E-state index in [9.17, 15) is 27.9 Å². The van der Waals surface area contributed by atoms with E-state index in [0.717, 1.165) is 33.4 Å². The van der Waals surface area contributed by atoms with Crippen LogP contribution >= 0.6 is 15.9 Å². The van der Waals surface area contributed by atoms with Crippen molar-refractivity contribution < 1.29 is 27.9 Å². The first-order valence-corrected chi connectivity index (χ1v) is 12.9.